The van der Waals surface area contributed by atoms with E-state index in [1.807, 2.05) is 6.92 Å². The highest BCUT2D eigenvalue weighted by Gasteiger charge is 2.08. The van der Waals surface area contributed by atoms with E-state index >= 15 is 0 Å². The van der Waals surface area contributed by atoms with Gasteiger partial charge in [0.05, 0.1) is 0 Å². The molecule has 0 radical (unpaired) electrons. The molecule has 0 saturated carbocycles. The Hall–Kier alpha value is -0.0800. The van der Waals surface area contributed by atoms with Crippen LogP contribution in [0.3, 0.4) is 0 Å². The molecule has 0 amide bonds. The molecule has 0 spiro atoms. The van der Waals surface area contributed by atoms with Crippen LogP contribution in [0.15, 0.2) is 0 Å². The summed E-state index contributed by atoms with van der Waals surface area (Å²) in [4.78, 5) is 0. The van der Waals surface area contributed by atoms with E-state index in [2.05, 4.69) is 26.1 Å². The SMILES string of the molecule is CC(N)CNCCC(C)(C)C. The second kappa shape index (κ2) is 4.73. The molecule has 3 N–H and O–H groups in total. The summed E-state index contributed by atoms with van der Waals surface area (Å²) in [6, 6.07) is 0.273. The van der Waals surface area contributed by atoms with Gasteiger partial charge in [0.15, 0.2) is 0 Å². The molecular weight excluding hydrogens is 136 g/mol. The molecule has 0 aliphatic carbocycles. The Morgan fingerprint density at radius 1 is 1.36 bits per heavy atom. The third-order valence-corrected chi connectivity index (χ3v) is 1.52. The number of hydrogen-bond donors (Lipinski definition) is 2. The summed E-state index contributed by atoms with van der Waals surface area (Å²) in [5, 5.41) is 3.32. The van der Waals surface area contributed by atoms with Crippen LogP contribution >= 0.6 is 0 Å². The van der Waals surface area contributed by atoms with E-state index in [0.717, 1.165) is 13.1 Å². The van der Waals surface area contributed by atoms with Crippen molar-refractivity contribution < 1.29 is 0 Å². The van der Waals surface area contributed by atoms with Crippen molar-refractivity contribution in [3.05, 3.63) is 0 Å². The monoisotopic (exact) mass is 158 g/mol. The summed E-state index contributed by atoms with van der Waals surface area (Å²) in [7, 11) is 0. The lowest BCUT2D eigenvalue weighted by Crippen LogP contribution is -2.32. The average molecular weight is 158 g/mol. The lowest BCUT2D eigenvalue weighted by molar-refractivity contribution is 0.365. The van der Waals surface area contributed by atoms with Crippen molar-refractivity contribution in [3.63, 3.8) is 0 Å². The van der Waals surface area contributed by atoms with Gasteiger partial charge in [0.25, 0.3) is 0 Å². The standard InChI is InChI=1S/C9H22N2/c1-8(10)7-11-6-5-9(2,3)4/h8,11H,5-7,10H2,1-4H3. The van der Waals surface area contributed by atoms with Gasteiger partial charge in [0.2, 0.25) is 0 Å². The van der Waals surface area contributed by atoms with Crippen LogP contribution in [0, 0.1) is 5.41 Å². The second-order valence-electron chi connectivity index (χ2n) is 4.49. The zero-order valence-electron chi connectivity index (χ0n) is 8.28. The van der Waals surface area contributed by atoms with Crippen LogP contribution in [0.25, 0.3) is 0 Å². The fourth-order valence-electron chi connectivity index (χ4n) is 0.793. The molecule has 2 heteroatoms. The van der Waals surface area contributed by atoms with Crippen molar-refractivity contribution in [2.75, 3.05) is 13.1 Å². The maximum absolute atomic E-state index is 5.58. The predicted molar refractivity (Wildman–Crippen MR) is 50.6 cm³/mol. The van der Waals surface area contributed by atoms with E-state index in [9.17, 15) is 0 Å². The van der Waals surface area contributed by atoms with Gasteiger partial charge in [-0.2, -0.15) is 0 Å². The molecule has 0 fully saturated rings. The Morgan fingerprint density at radius 3 is 2.27 bits per heavy atom. The second-order valence-corrected chi connectivity index (χ2v) is 4.49. The smallest absolute Gasteiger partial charge is 0.0136 e. The Kier molecular flexibility index (Phi) is 4.69. The van der Waals surface area contributed by atoms with Gasteiger partial charge in [-0.1, -0.05) is 20.8 Å². The quantitative estimate of drug-likeness (QED) is 0.606. The van der Waals surface area contributed by atoms with Crippen molar-refractivity contribution in [2.45, 2.75) is 40.2 Å². The van der Waals surface area contributed by atoms with Crippen LogP contribution in [0.2, 0.25) is 0 Å². The molecule has 0 aromatic carbocycles. The minimum Gasteiger partial charge on any atom is -0.327 e. The van der Waals surface area contributed by atoms with Crippen molar-refractivity contribution in [3.8, 4) is 0 Å². The van der Waals surface area contributed by atoms with Crippen LogP contribution in [-0.2, 0) is 0 Å². The molecule has 0 aromatic rings. The van der Waals surface area contributed by atoms with Crippen LogP contribution in [0.4, 0.5) is 0 Å². The van der Waals surface area contributed by atoms with Gasteiger partial charge >= 0.3 is 0 Å². The minimum atomic E-state index is 0.273. The molecule has 1 unspecified atom stereocenters. The van der Waals surface area contributed by atoms with E-state index in [0.29, 0.717) is 5.41 Å². The fourth-order valence-corrected chi connectivity index (χ4v) is 0.793. The molecule has 68 valence electrons. The summed E-state index contributed by atoms with van der Waals surface area (Å²) >= 11 is 0. The van der Waals surface area contributed by atoms with Gasteiger partial charge in [-0.3, -0.25) is 0 Å². The first-order valence-electron chi connectivity index (χ1n) is 4.38. The lowest BCUT2D eigenvalue weighted by Gasteiger charge is -2.18. The topological polar surface area (TPSA) is 38.0 Å². The van der Waals surface area contributed by atoms with E-state index in [-0.39, 0.29) is 6.04 Å². The normalized spacial score (nSPS) is 15.0. The molecule has 0 aliphatic heterocycles. The molecule has 0 aliphatic rings. The third-order valence-electron chi connectivity index (χ3n) is 1.52. The molecule has 2 nitrogen and oxygen atoms in total. The maximum Gasteiger partial charge on any atom is 0.0136 e. The average Bonchev–Trinajstić information content (AvgIpc) is 1.78. The Labute approximate surface area is 70.5 Å². The zero-order valence-corrected chi connectivity index (χ0v) is 8.28. The number of nitrogens with one attached hydrogen (secondary N) is 1. The highest BCUT2D eigenvalue weighted by molar-refractivity contribution is 4.64. The van der Waals surface area contributed by atoms with E-state index in [1.54, 1.807) is 0 Å². The van der Waals surface area contributed by atoms with Gasteiger partial charge in [0, 0.05) is 12.6 Å². The van der Waals surface area contributed by atoms with Crippen molar-refractivity contribution in [2.24, 2.45) is 11.1 Å². The predicted octanol–water partition coefficient (Wildman–Crippen LogP) is 1.36. The highest BCUT2D eigenvalue weighted by atomic mass is 14.9. The van der Waals surface area contributed by atoms with Crippen LogP contribution in [0.1, 0.15) is 34.1 Å². The van der Waals surface area contributed by atoms with Crippen molar-refractivity contribution in [1.29, 1.82) is 0 Å². The summed E-state index contributed by atoms with van der Waals surface area (Å²) in [5.74, 6) is 0. The van der Waals surface area contributed by atoms with Crippen LogP contribution in [-0.4, -0.2) is 19.1 Å². The molecule has 0 aromatic heterocycles. The molecular formula is C9H22N2. The van der Waals surface area contributed by atoms with Gasteiger partial charge in [-0.05, 0) is 25.3 Å². The molecule has 11 heavy (non-hydrogen) atoms. The van der Waals surface area contributed by atoms with Crippen molar-refractivity contribution >= 4 is 0 Å². The van der Waals surface area contributed by atoms with E-state index < -0.39 is 0 Å². The third kappa shape index (κ3) is 9.92. The summed E-state index contributed by atoms with van der Waals surface area (Å²) in [6.07, 6.45) is 1.21. The summed E-state index contributed by atoms with van der Waals surface area (Å²) in [5.41, 5.74) is 6.02. The molecule has 1 atom stereocenters. The summed E-state index contributed by atoms with van der Waals surface area (Å²) < 4.78 is 0. The first kappa shape index (κ1) is 10.9. The van der Waals surface area contributed by atoms with Gasteiger partial charge in [-0.15, -0.1) is 0 Å². The first-order chi connectivity index (χ1) is 4.92. The van der Waals surface area contributed by atoms with Gasteiger partial charge < -0.3 is 11.1 Å². The summed E-state index contributed by atoms with van der Waals surface area (Å²) in [6.45, 7) is 10.8. The zero-order chi connectivity index (χ0) is 8.91. The Morgan fingerprint density at radius 2 is 1.91 bits per heavy atom. The maximum atomic E-state index is 5.58. The Balaban J connectivity index is 3.15. The largest absolute Gasteiger partial charge is 0.327 e. The van der Waals surface area contributed by atoms with Gasteiger partial charge in [-0.25, -0.2) is 0 Å². The fraction of sp³-hybridized carbons (Fsp3) is 1.00. The number of nitrogens with two attached hydrogens (primary N) is 1. The molecule has 0 rings (SSSR count). The molecule has 0 saturated heterocycles. The first-order valence-corrected chi connectivity index (χ1v) is 4.38. The Bertz CT molecular complexity index is 92.2. The molecule has 0 bridgehead atoms. The van der Waals surface area contributed by atoms with Crippen molar-refractivity contribution in [1.82, 2.24) is 5.32 Å². The number of hydrogen-bond acceptors (Lipinski definition) is 2. The highest BCUT2D eigenvalue weighted by Crippen LogP contribution is 2.16. The van der Waals surface area contributed by atoms with Gasteiger partial charge in [0.1, 0.15) is 0 Å². The van der Waals surface area contributed by atoms with Crippen LogP contribution in [0.5, 0.6) is 0 Å². The lowest BCUT2D eigenvalue weighted by atomic mass is 9.92. The minimum absolute atomic E-state index is 0.273. The van der Waals surface area contributed by atoms with Crippen LogP contribution < -0.4 is 11.1 Å². The number of rotatable bonds is 4. The van der Waals surface area contributed by atoms with E-state index in [4.69, 9.17) is 5.73 Å². The van der Waals surface area contributed by atoms with E-state index in [1.165, 1.54) is 6.42 Å². The molecule has 0 heterocycles.